The SMILES string of the molecule is COC(=O)c1ccc2c(c1)nc(Nc1nc3ccc(OC(F)(F)F)cc3s1)n2CCNC(=O)OC(C)(C)C. The van der Waals surface area contributed by atoms with E-state index >= 15 is 0 Å². The van der Waals surface area contributed by atoms with E-state index in [-0.39, 0.29) is 18.8 Å². The number of benzene rings is 2. The van der Waals surface area contributed by atoms with Gasteiger partial charge in [-0.1, -0.05) is 11.3 Å². The van der Waals surface area contributed by atoms with Crippen LogP contribution in [-0.4, -0.2) is 52.2 Å². The molecular formula is C24H24F3N5O5S. The summed E-state index contributed by atoms with van der Waals surface area (Å²) in [5.41, 5.74) is 1.26. The number of hydrogen-bond acceptors (Lipinski definition) is 9. The van der Waals surface area contributed by atoms with Crippen molar-refractivity contribution in [1.82, 2.24) is 19.9 Å². The first-order chi connectivity index (χ1) is 17.8. The number of methoxy groups -OCH3 is 1. The van der Waals surface area contributed by atoms with Gasteiger partial charge in [-0.15, -0.1) is 13.2 Å². The number of anilines is 2. The van der Waals surface area contributed by atoms with Gasteiger partial charge in [0.2, 0.25) is 5.95 Å². The summed E-state index contributed by atoms with van der Waals surface area (Å²) in [7, 11) is 1.28. The number of aromatic nitrogens is 3. The molecule has 0 saturated carbocycles. The Hall–Kier alpha value is -4.07. The van der Waals surface area contributed by atoms with Crippen LogP contribution in [0.5, 0.6) is 5.75 Å². The molecule has 0 aliphatic rings. The van der Waals surface area contributed by atoms with E-state index in [0.717, 1.165) is 11.3 Å². The van der Waals surface area contributed by atoms with Crippen molar-refractivity contribution in [2.24, 2.45) is 0 Å². The van der Waals surface area contributed by atoms with E-state index in [0.29, 0.717) is 37.9 Å². The number of fused-ring (bicyclic) bond motifs is 2. The molecular weight excluding hydrogens is 527 g/mol. The predicted octanol–water partition coefficient (Wildman–Crippen LogP) is 5.60. The Balaban J connectivity index is 1.62. The summed E-state index contributed by atoms with van der Waals surface area (Å²) < 4.78 is 54.1. The molecule has 0 fully saturated rings. The van der Waals surface area contributed by atoms with Crippen molar-refractivity contribution in [3.05, 3.63) is 42.0 Å². The maximum absolute atomic E-state index is 12.6. The zero-order chi connectivity index (χ0) is 27.7. The van der Waals surface area contributed by atoms with Gasteiger partial charge in [-0.2, -0.15) is 0 Å². The van der Waals surface area contributed by atoms with E-state index in [9.17, 15) is 22.8 Å². The summed E-state index contributed by atoms with van der Waals surface area (Å²) in [6.45, 7) is 5.75. The number of imidazole rings is 1. The second-order valence-electron chi connectivity index (χ2n) is 9.03. The van der Waals surface area contributed by atoms with E-state index < -0.39 is 24.0 Å². The first-order valence-corrected chi connectivity index (χ1v) is 12.1. The molecule has 10 nitrogen and oxygen atoms in total. The number of alkyl halides is 3. The van der Waals surface area contributed by atoms with Gasteiger partial charge in [0.1, 0.15) is 11.4 Å². The Labute approximate surface area is 218 Å². The molecule has 0 spiro atoms. The summed E-state index contributed by atoms with van der Waals surface area (Å²) in [6.07, 6.45) is -5.38. The smallest absolute Gasteiger partial charge is 0.465 e. The van der Waals surface area contributed by atoms with Gasteiger partial charge in [-0.25, -0.2) is 19.6 Å². The van der Waals surface area contributed by atoms with Crippen molar-refractivity contribution >= 4 is 55.7 Å². The fourth-order valence-electron chi connectivity index (χ4n) is 3.53. The van der Waals surface area contributed by atoms with Gasteiger partial charge in [0.25, 0.3) is 0 Å². The summed E-state index contributed by atoms with van der Waals surface area (Å²) >= 11 is 1.11. The molecule has 0 saturated heterocycles. The number of hydrogen-bond donors (Lipinski definition) is 2. The maximum Gasteiger partial charge on any atom is 0.573 e. The Morgan fingerprint density at radius 2 is 1.82 bits per heavy atom. The number of thiazole rings is 1. The molecule has 4 rings (SSSR count). The topological polar surface area (TPSA) is 117 Å². The highest BCUT2D eigenvalue weighted by molar-refractivity contribution is 7.22. The molecule has 2 aromatic carbocycles. The normalized spacial score (nSPS) is 12.0. The minimum absolute atomic E-state index is 0.200. The molecule has 0 aliphatic carbocycles. The van der Waals surface area contributed by atoms with Crippen molar-refractivity contribution in [2.75, 3.05) is 19.0 Å². The van der Waals surface area contributed by atoms with E-state index in [1.54, 1.807) is 43.5 Å². The van der Waals surface area contributed by atoms with E-state index in [1.165, 1.54) is 25.3 Å². The van der Waals surface area contributed by atoms with Crippen LogP contribution in [0.1, 0.15) is 31.1 Å². The molecule has 14 heteroatoms. The quantitative estimate of drug-likeness (QED) is 0.285. The standard InChI is InChI=1S/C24H24F3N5O5S/c1-23(2,3)37-22(34)28-9-10-32-17-8-5-13(19(33)35-4)11-16(17)29-20(32)31-21-30-15-7-6-14(12-18(15)38-21)36-24(25,26)27/h5-8,11-12H,9-10H2,1-4H3,(H,28,34)(H,29,30,31). The lowest BCUT2D eigenvalue weighted by molar-refractivity contribution is -0.274. The highest BCUT2D eigenvalue weighted by atomic mass is 32.1. The summed E-state index contributed by atoms with van der Waals surface area (Å²) in [5.74, 6) is -0.527. The Morgan fingerprint density at radius 1 is 1.05 bits per heavy atom. The Kier molecular flexibility index (Phi) is 7.35. The largest absolute Gasteiger partial charge is 0.573 e. The van der Waals surface area contributed by atoms with Crippen LogP contribution in [0.4, 0.5) is 29.0 Å². The monoisotopic (exact) mass is 551 g/mol. The number of esters is 1. The lowest BCUT2D eigenvalue weighted by Gasteiger charge is -2.20. The van der Waals surface area contributed by atoms with Gasteiger partial charge >= 0.3 is 18.4 Å². The van der Waals surface area contributed by atoms with Gasteiger partial charge in [0.15, 0.2) is 5.13 Å². The molecule has 0 aliphatic heterocycles. The van der Waals surface area contributed by atoms with Crippen LogP contribution >= 0.6 is 11.3 Å². The molecule has 0 unspecified atom stereocenters. The van der Waals surface area contributed by atoms with Crippen LogP contribution in [0.15, 0.2) is 36.4 Å². The fourth-order valence-corrected chi connectivity index (χ4v) is 4.42. The van der Waals surface area contributed by atoms with Gasteiger partial charge in [0.05, 0.1) is 33.9 Å². The number of nitrogens with one attached hydrogen (secondary N) is 2. The first-order valence-electron chi connectivity index (χ1n) is 11.3. The number of amides is 1. The lowest BCUT2D eigenvalue weighted by atomic mass is 10.2. The molecule has 4 aromatic rings. The summed E-state index contributed by atoms with van der Waals surface area (Å²) in [4.78, 5) is 33.1. The number of halogens is 3. The van der Waals surface area contributed by atoms with Crippen molar-refractivity contribution in [1.29, 1.82) is 0 Å². The highest BCUT2D eigenvalue weighted by Gasteiger charge is 2.31. The number of rotatable bonds is 7. The van der Waals surface area contributed by atoms with Crippen LogP contribution in [0, 0.1) is 0 Å². The van der Waals surface area contributed by atoms with Crippen molar-refractivity contribution in [3.63, 3.8) is 0 Å². The predicted molar refractivity (Wildman–Crippen MR) is 135 cm³/mol. The van der Waals surface area contributed by atoms with Crippen LogP contribution in [0.25, 0.3) is 21.3 Å². The summed E-state index contributed by atoms with van der Waals surface area (Å²) in [6, 6.07) is 8.73. The Morgan fingerprint density at radius 3 is 2.50 bits per heavy atom. The molecule has 202 valence electrons. The Bertz CT molecular complexity index is 1490. The van der Waals surface area contributed by atoms with Crippen LogP contribution in [0.2, 0.25) is 0 Å². The van der Waals surface area contributed by atoms with Gasteiger partial charge in [0, 0.05) is 19.2 Å². The third-order valence-corrected chi connectivity index (χ3v) is 5.92. The molecule has 2 heterocycles. The van der Waals surface area contributed by atoms with Gasteiger partial charge in [-0.3, -0.25) is 0 Å². The third kappa shape index (κ3) is 6.62. The summed E-state index contributed by atoms with van der Waals surface area (Å²) in [5, 5.41) is 6.15. The van der Waals surface area contributed by atoms with Crippen LogP contribution in [-0.2, 0) is 16.0 Å². The zero-order valence-electron chi connectivity index (χ0n) is 20.8. The average Bonchev–Trinajstić information content (AvgIpc) is 3.36. The first kappa shape index (κ1) is 27.0. The van der Waals surface area contributed by atoms with E-state index in [2.05, 4.69) is 25.3 Å². The number of alkyl carbamates (subject to hydrolysis) is 1. The molecule has 38 heavy (non-hydrogen) atoms. The van der Waals surface area contributed by atoms with E-state index in [1.807, 2.05) is 0 Å². The molecule has 0 bridgehead atoms. The third-order valence-electron chi connectivity index (χ3n) is 4.99. The number of carbonyl (C=O) groups is 2. The number of ether oxygens (including phenoxy) is 3. The number of carbonyl (C=O) groups excluding carboxylic acids is 2. The lowest BCUT2D eigenvalue weighted by Crippen LogP contribution is -2.34. The average molecular weight is 552 g/mol. The second-order valence-corrected chi connectivity index (χ2v) is 10.1. The highest BCUT2D eigenvalue weighted by Crippen LogP contribution is 2.33. The molecule has 0 atom stereocenters. The van der Waals surface area contributed by atoms with E-state index in [4.69, 9.17) is 9.47 Å². The molecule has 0 radical (unpaired) electrons. The minimum atomic E-state index is -4.80. The van der Waals surface area contributed by atoms with Crippen molar-refractivity contribution in [2.45, 2.75) is 39.3 Å². The number of nitrogens with zero attached hydrogens (tertiary/aromatic N) is 3. The molecule has 2 N–H and O–H groups in total. The van der Waals surface area contributed by atoms with Crippen LogP contribution in [0.3, 0.4) is 0 Å². The zero-order valence-corrected chi connectivity index (χ0v) is 21.6. The van der Waals surface area contributed by atoms with Crippen LogP contribution < -0.4 is 15.4 Å². The minimum Gasteiger partial charge on any atom is -0.465 e. The maximum atomic E-state index is 12.6. The van der Waals surface area contributed by atoms with Gasteiger partial charge < -0.3 is 29.4 Å². The molecule has 2 aromatic heterocycles. The fraction of sp³-hybridized carbons (Fsp3) is 0.333. The van der Waals surface area contributed by atoms with Crippen molar-refractivity contribution < 1.29 is 37.0 Å². The second kappa shape index (κ2) is 10.4. The van der Waals surface area contributed by atoms with Crippen molar-refractivity contribution in [3.8, 4) is 5.75 Å². The van der Waals surface area contributed by atoms with Gasteiger partial charge in [-0.05, 0) is 51.1 Å². The molecule has 1 amide bonds.